The number of fused-ring (bicyclic) bond motifs is 1. The highest BCUT2D eigenvalue weighted by molar-refractivity contribution is 7.08. The molecule has 118 valence electrons. The van der Waals surface area contributed by atoms with E-state index in [4.69, 9.17) is 9.15 Å². The quantitative estimate of drug-likeness (QED) is 0.727. The van der Waals surface area contributed by atoms with Crippen molar-refractivity contribution in [3.8, 4) is 0 Å². The van der Waals surface area contributed by atoms with Crippen LogP contribution in [0.5, 0.6) is 0 Å². The fraction of sp³-hybridized carbons (Fsp3) is 0.176. The molecule has 0 spiro atoms. The predicted molar refractivity (Wildman–Crippen MR) is 87.4 cm³/mol. The summed E-state index contributed by atoms with van der Waals surface area (Å²) in [5, 5.41) is 7.19. The van der Waals surface area contributed by atoms with Crippen molar-refractivity contribution < 1.29 is 18.7 Å². The molecule has 0 aliphatic rings. The van der Waals surface area contributed by atoms with E-state index in [1.165, 1.54) is 11.3 Å². The lowest BCUT2D eigenvalue weighted by atomic mass is 10.2. The maximum absolute atomic E-state index is 11.9. The highest BCUT2D eigenvalue weighted by Crippen LogP contribution is 2.23. The van der Waals surface area contributed by atoms with E-state index in [0.717, 1.165) is 11.0 Å². The number of ether oxygens (including phenoxy) is 1. The standard InChI is InChI=1S/C17H15NO4S/c1-11(15-8-12-4-2-3-5-14(12)22-15)18-16(19)9-21-17(20)13-6-7-23-10-13/h2-8,10-11H,9H2,1H3,(H,18,19)/t11-/m0/s1. The Labute approximate surface area is 136 Å². The van der Waals surface area contributed by atoms with Gasteiger partial charge in [-0.15, -0.1) is 0 Å². The molecule has 0 unspecified atom stereocenters. The summed E-state index contributed by atoms with van der Waals surface area (Å²) in [6.45, 7) is 1.50. The van der Waals surface area contributed by atoms with Crippen molar-refractivity contribution in [1.29, 1.82) is 0 Å². The molecule has 0 saturated carbocycles. The Morgan fingerprint density at radius 3 is 2.87 bits per heavy atom. The van der Waals surface area contributed by atoms with Crippen LogP contribution in [0.4, 0.5) is 0 Å². The van der Waals surface area contributed by atoms with Crippen LogP contribution in [0.3, 0.4) is 0 Å². The number of esters is 1. The molecule has 3 aromatic rings. The summed E-state index contributed by atoms with van der Waals surface area (Å²) in [7, 11) is 0. The highest BCUT2D eigenvalue weighted by Gasteiger charge is 2.16. The zero-order valence-electron chi connectivity index (χ0n) is 12.4. The van der Waals surface area contributed by atoms with Gasteiger partial charge in [-0.05, 0) is 30.5 Å². The van der Waals surface area contributed by atoms with Crippen molar-refractivity contribution in [2.75, 3.05) is 6.61 Å². The number of benzene rings is 1. The number of nitrogens with one attached hydrogen (secondary N) is 1. The Bertz CT molecular complexity index is 789. The summed E-state index contributed by atoms with van der Waals surface area (Å²) < 4.78 is 10.7. The third-order valence-corrected chi connectivity index (χ3v) is 4.02. The van der Waals surface area contributed by atoms with E-state index in [-0.39, 0.29) is 18.6 Å². The van der Waals surface area contributed by atoms with Crippen molar-refractivity contribution in [2.45, 2.75) is 13.0 Å². The maximum Gasteiger partial charge on any atom is 0.339 e. The van der Waals surface area contributed by atoms with Crippen molar-refractivity contribution in [2.24, 2.45) is 0 Å². The zero-order chi connectivity index (χ0) is 16.2. The van der Waals surface area contributed by atoms with Gasteiger partial charge in [-0.2, -0.15) is 11.3 Å². The van der Waals surface area contributed by atoms with Gasteiger partial charge >= 0.3 is 5.97 Å². The van der Waals surface area contributed by atoms with Crippen molar-refractivity contribution in [1.82, 2.24) is 5.32 Å². The van der Waals surface area contributed by atoms with Crippen LogP contribution in [-0.4, -0.2) is 18.5 Å². The molecule has 0 saturated heterocycles. The Kier molecular flexibility index (Phi) is 4.43. The average molecular weight is 329 g/mol. The smallest absolute Gasteiger partial charge is 0.339 e. The van der Waals surface area contributed by atoms with Gasteiger partial charge in [0.05, 0.1) is 11.6 Å². The molecule has 1 atom stereocenters. The summed E-state index contributed by atoms with van der Waals surface area (Å²) >= 11 is 1.40. The Hall–Kier alpha value is -2.60. The lowest BCUT2D eigenvalue weighted by Gasteiger charge is -2.11. The molecule has 0 aliphatic carbocycles. The monoisotopic (exact) mass is 329 g/mol. The maximum atomic E-state index is 11.9. The summed E-state index contributed by atoms with van der Waals surface area (Å²) in [5.74, 6) is -0.219. The molecule has 1 amide bonds. The Morgan fingerprint density at radius 1 is 1.30 bits per heavy atom. The van der Waals surface area contributed by atoms with Crippen molar-refractivity contribution in [3.05, 3.63) is 58.5 Å². The third-order valence-electron chi connectivity index (χ3n) is 3.34. The molecule has 0 aliphatic heterocycles. The van der Waals surface area contributed by atoms with E-state index < -0.39 is 5.97 Å². The van der Waals surface area contributed by atoms with Gasteiger partial charge in [0.2, 0.25) is 0 Å². The number of amides is 1. The first-order valence-electron chi connectivity index (χ1n) is 7.10. The molecule has 2 aromatic heterocycles. The lowest BCUT2D eigenvalue weighted by molar-refractivity contribution is -0.125. The van der Waals surface area contributed by atoms with Gasteiger partial charge in [-0.1, -0.05) is 18.2 Å². The molecule has 6 heteroatoms. The van der Waals surface area contributed by atoms with Crippen LogP contribution >= 0.6 is 11.3 Å². The fourth-order valence-corrected chi connectivity index (χ4v) is 2.79. The second kappa shape index (κ2) is 6.66. The van der Waals surface area contributed by atoms with Crippen LogP contribution in [0.25, 0.3) is 11.0 Å². The SMILES string of the molecule is C[C@H](NC(=O)COC(=O)c1ccsc1)c1cc2ccccc2o1. The molecule has 0 bridgehead atoms. The molecule has 3 rings (SSSR count). The zero-order valence-corrected chi connectivity index (χ0v) is 13.3. The van der Waals surface area contributed by atoms with Crippen LogP contribution in [0.15, 0.2) is 51.6 Å². The highest BCUT2D eigenvalue weighted by atomic mass is 32.1. The second-order valence-corrected chi connectivity index (χ2v) is 5.84. The average Bonchev–Trinajstić information content (AvgIpc) is 3.21. The molecule has 5 nitrogen and oxygen atoms in total. The molecular weight excluding hydrogens is 314 g/mol. The van der Waals surface area contributed by atoms with Crippen molar-refractivity contribution >= 4 is 34.2 Å². The Morgan fingerprint density at radius 2 is 2.13 bits per heavy atom. The first kappa shape index (κ1) is 15.3. The number of carbonyl (C=O) groups excluding carboxylic acids is 2. The fourth-order valence-electron chi connectivity index (χ4n) is 2.17. The lowest BCUT2D eigenvalue weighted by Crippen LogP contribution is -2.30. The predicted octanol–water partition coefficient (Wildman–Crippen LogP) is 3.53. The summed E-state index contributed by atoms with van der Waals surface area (Å²) in [4.78, 5) is 23.6. The summed E-state index contributed by atoms with van der Waals surface area (Å²) in [6.07, 6.45) is 0. The molecule has 1 aromatic carbocycles. The molecule has 1 N–H and O–H groups in total. The van der Waals surface area contributed by atoms with Gasteiger partial charge in [0.15, 0.2) is 6.61 Å². The second-order valence-electron chi connectivity index (χ2n) is 5.06. The molecule has 23 heavy (non-hydrogen) atoms. The molecule has 0 radical (unpaired) electrons. The van der Waals surface area contributed by atoms with Crippen LogP contribution in [0, 0.1) is 0 Å². The number of para-hydroxylation sites is 1. The normalized spacial score (nSPS) is 12.0. The van der Waals surface area contributed by atoms with Gasteiger partial charge < -0.3 is 14.5 Å². The molecule has 2 heterocycles. The minimum atomic E-state index is -0.502. The van der Waals surface area contributed by atoms with E-state index >= 15 is 0 Å². The first-order chi connectivity index (χ1) is 11.1. The van der Waals surface area contributed by atoms with Gasteiger partial charge in [0.1, 0.15) is 11.3 Å². The van der Waals surface area contributed by atoms with Gasteiger partial charge in [-0.3, -0.25) is 4.79 Å². The minimum absolute atomic E-state index is 0.310. The van der Waals surface area contributed by atoms with E-state index in [2.05, 4.69) is 5.32 Å². The van der Waals surface area contributed by atoms with Crippen LogP contribution in [0.2, 0.25) is 0 Å². The van der Waals surface area contributed by atoms with E-state index in [1.54, 1.807) is 16.8 Å². The first-order valence-corrected chi connectivity index (χ1v) is 8.05. The number of rotatable bonds is 5. The number of hydrogen-bond donors (Lipinski definition) is 1. The van der Waals surface area contributed by atoms with Gasteiger partial charge in [-0.25, -0.2) is 4.79 Å². The van der Waals surface area contributed by atoms with E-state index in [9.17, 15) is 9.59 Å². The number of furan rings is 1. The number of thiophene rings is 1. The number of hydrogen-bond acceptors (Lipinski definition) is 5. The topological polar surface area (TPSA) is 68.5 Å². The summed E-state index contributed by atoms with van der Waals surface area (Å²) in [5.41, 5.74) is 1.22. The van der Waals surface area contributed by atoms with Gasteiger partial charge in [0, 0.05) is 10.8 Å². The largest absolute Gasteiger partial charge is 0.459 e. The minimum Gasteiger partial charge on any atom is -0.459 e. The Balaban J connectivity index is 1.55. The van der Waals surface area contributed by atoms with Crippen LogP contribution in [-0.2, 0) is 9.53 Å². The molecule has 0 fully saturated rings. The number of carbonyl (C=O) groups is 2. The molecular formula is C17H15NO4S. The van der Waals surface area contributed by atoms with E-state index in [1.807, 2.05) is 37.3 Å². The summed E-state index contributed by atoms with van der Waals surface area (Å²) in [6, 6.07) is 10.9. The third kappa shape index (κ3) is 3.60. The van der Waals surface area contributed by atoms with E-state index in [0.29, 0.717) is 11.3 Å². The van der Waals surface area contributed by atoms with Gasteiger partial charge in [0.25, 0.3) is 5.91 Å². The van der Waals surface area contributed by atoms with Crippen LogP contribution < -0.4 is 5.32 Å². The van der Waals surface area contributed by atoms with Crippen molar-refractivity contribution in [3.63, 3.8) is 0 Å². The van der Waals surface area contributed by atoms with Crippen LogP contribution in [0.1, 0.15) is 29.1 Å².